The van der Waals surface area contributed by atoms with Crippen LogP contribution in [0.1, 0.15) is 24.8 Å². The van der Waals surface area contributed by atoms with E-state index >= 15 is 0 Å². The first kappa shape index (κ1) is 10.6. The molecular weight excluding hydrogens is 190 g/mol. The van der Waals surface area contributed by atoms with Crippen LogP contribution in [0, 0.1) is 6.92 Å². The van der Waals surface area contributed by atoms with Gasteiger partial charge in [-0.05, 0) is 31.7 Å². The summed E-state index contributed by atoms with van der Waals surface area (Å²) in [7, 11) is 0. The number of rotatable bonds is 4. The van der Waals surface area contributed by atoms with Crippen molar-refractivity contribution >= 4 is 0 Å². The average Bonchev–Trinajstić information content (AvgIpc) is 2.77. The number of nitrogens with zero attached hydrogens (tertiary/aromatic N) is 2. The Labute approximate surface area is 90.3 Å². The highest BCUT2D eigenvalue weighted by Gasteiger charge is 2.23. The Hall–Kier alpha value is -0.870. The minimum absolute atomic E-state index is 0.149. The van der Waals surface area contributed by atoms with E-state index in [1.807, 2.05) is 24.0 Å². The van der Waals surface area contributed by atoms with E-state index in [0.717, 1.165) is 32.4 Å². The first-order chi connectivity index (χ1) is 7.25. The van der Waals surface area contributed by atoms with Gasteiger partial charge < -0.3 is 10.4 Å². The Morgan fingerprint density at radius 2 is 2.47 bits per heavy atom. The molecule has 84 valence electrons. The van der Waals surface area contributed by atoms with E-state index in [4.69, 9.17) is 0 Å². The molecule has 0 bridgehead atoms. The van der Waals surface area contributed by atoms with Crippen LogP contribution >= 0.6 is 0 Å². The van der Waals surface area contributed by atoms with Gasteiger partial charge >= 0.3 is 0 Å². The molecule has 1 aliphatic rings. The Morgan fingerprint density at radius 1 is 1.60 bits per heavy atom. The van der Waals surface area contributed by atoms with Crippen LogP contribution < -0.4 is 5.32 Å². The fourth-order valence-electron chi connectivity index (χ4n) is 2.13. The molecule has 15 heavy (non-hydrogen) atoms. The highest BCUT2D eigenvalue weighted by atomic mass is 16.3. The maximum Gasteiger partial charge on any atom is 0.0693 e. The number of nitrogens with one attached hydrogen (secondary N) is 1. The standard InChI is InChI=1S/C11H19N3O/c1-9-7-13-14(8-9)6-5-12-10-3-2-4-11(10)15/h7-8,10-12,15H,2-6H2,1H3/t10-,11-/m1/s1. The third kappa shape index (κ3) is 2.79. The van der Waals surface area contributed by atoms with Gasteiger partial charge in [0.2, 0.25) is 0 Å². The van der Waals surface area contributed by atoms with Crippen LogP contribution in [0.5, 0.6) is 0 Å². The summed E-state index contributed by atoms with van der Waals surface area (Å²) in [5.74, 6) is 0. The normalized spacial score (nSPS) is 26.0. The number of hydrogen-bond acceptors (Lipinski definition) is 3. The Bertz CT molecular complexity index is 311. The van der Waals surface area contributed by atoms with E-state index in [2.05, 4.69) is 10.4 Å². The molecule has 4 nitrogen and oxygen atoms in total. The van der Waals surface area contributed by atoms with Crippen molar-refractivity contribution in [3.63, 3.8) is 0 Å². The van der Waals surface area contributed by atoms with Crippen LogP contribution in [0.3, 0.4) is 0 Å². The first-order valence-electron chi connectivity index (χ1n) is 5.66. The number of hydrogen-bond donors (Lipinski definition) is 2. The molecule has 0 unspecified atom stereocenters. The lowest BCUT2D eigenvalue weighted by molar-refractivity contribution is 0.148. The molecule has 0 aliphatic heterocycles. The maximum atomic E-state index is 9.61. The second-order valence-electron chi connectivity index (χ2n) is 4.34. The Kier molecular flexibility index (Phi) is 3.38. The second kappa shape index (κ2) is 4.77. The van der Waals surface area contributed by atoms with Crippen molar-refractivity contribution in [3.8, 4) is 0 Å². The molecule has 2 N–H and O–H groups in total. The maximum absolute atomic E-state index is 9.61. The highest BCUT2D eigenvalue weighted by molar-refractivity contribution is 4.99. The van der Waals surface area contributed by atoms with Gasteiger partial charge in [-0.2, -0.15) is 5.10 Å². The van der Waals surface area contributed by atoms with Crippen molar-refractivity contribution in [2.24, 2.45) is 0 Å². The zero-order chi connectivity index (χ0) is 10.7. The van der Waals surface area contributed by atoms with E-state index in [9.17, 15) is 5.11 Å². The van der Waals surface area contributed by atoms with Crippen LogP contribution in [0.2, 0.25) is 0 Å². The molecule has 0 radical (unpaired) electrons. The molecular formula is C11H19N3O. The van der Waals surface area contributed by atoms with Crippen LogP contribution in [0.25, 0.3) is 0 Å². The van der Waals surface area contributed by atoms with Crippen molar-refractivity contribution in [1.29, 1.82) is 0 Å². The Balaban J connectivity index is 1.70. The second-order valence-corrected chi connectivity index (χ2v) is 4.34. The lowest BCUT2D eigenvalue weighted by Crippen LogP contribution is -2.37. The fraction of sp³-hybridized carbons (Fsp3) is 0.727. The number of aromatic nitrogens is 2. The summed E-state index contributed by atoms with van der Waals surface area (Å²) in [4.78, 5) is 0. The fourth-order valence-corrected chi connectivity index (χ4v) is 2.13. The molecule has 0 saturated heterocycles. The van der Waals surface area contributed by atoms with Crippen LogP contribution in [-0.2, 0) is 6.54 Å². The number of aliphatic hydroxyl groups excluding tert-OH is 1. The third-order valence-corrected chi connectivity index (χ3v) is 2.99. The van der Waals surface area contributed by atoms with Gasteiger partial charge in [-0.3, -0.25) is 4.68 Å². The van der Waals surface area contributed by atoms with E-state index < -0.39 is 0 Å². The minimum Gasteiger partial charge on any atom is -0.392 e. The summed E-state index contributed by atoms with van der Waals surface area (Å²) in [6.07, 6.45) is 6.93. The molecule has 4 heteroatoms. The van der Waals surface area contributed by atoms with E-state index in [-0.39, 0.29) is 6.10 Å². The molecule has 0 aromatic carbocycles. The summed E-state index contributed by atoms with van der Waals surface area (Å²) in [5.41, 5.74) is 1.19. The van der Waals surface area contributed by atoms with Gasteiger partial charge in [-0.25, -0.2) is 0 Å². The largest absolute Gasteiger partial charge is 0.392 e. The number of aryl methyl sites for hydroxylation is 1. The predicted molar refractivity (Wildman–Crippen MR) is 58.6 cm³/mol. The van der Waals surface area contributed by atoms with Gasteiger partial charge in [0.25, 0.3) is 0 Å². The SMILES string of the molecule is Cc1cnn(CCN[C@@H]2CCC[C@H]2O)c1. The topological polar surface area (TPSA) is 50.1 Å². The van der Waals surface area contributed by atoms with Crippen molar-refractivity contribution in [1.82, 2.24) is 15.1 Å². The first-order valence-corrected chi connectivity index (χ1v) is 5.66. The molecule has 1 heterocycles. The van der Waals surface area contributed by atoms with Crippen molar-refractivity contribution in [2.75, 3.05) is 6.54 Å². The monoisotopic (exact) mass is 209 g/mol. The van der Waals surface area contributed by atoms with Crippen LogP contribution in [0.4, 0.5) is 0 Å². The molecule has 1 aliphatic carbocycles. The summed E-state index contributed by atoms with van der Waals surface area (Å²) in [5, 5.41) is 17.2. The lowest BCUT2D eigenvalue weighted by Gasteiger charge is -2.16. The average molecular weight is 209 g/mol. The minimum atomic E-state index is -0.149. The van der Waals surface area contributed by atoms with Crippen LogP contribution in [-0.4, -0.2) is 33.6 Å². The van der Waals surface area contributed by atoms with Crippen molar-refractivity contribution < 1.29 is 5.11 Å². The lowest BCUT2D eigenvalue weighted by atomic mass is 10.2. The number of aliphatic hydroxyl groups is 1. The van der Waals surface area contributed by atoms with E-state index in [1.54, 1.807) is 0 Å². The summed E-state index contributed by atoms with van der Waals surface area (Å²) < 4.78 is 1.93. The molecule has 1 fully saturated rings. The van der Waals surface area contributed by atoms with Gasteiger partial charge in [0.1, 0.15) is 0 Å². The summed E-state index contributed by atoms with van der Waals surface area (Å²) in [6, 6.07) is 0.293. The van der Waals surface area contributed by atoms with E-state index in [0.29, 0.717) is 6.04 Å². The van der Waals surface area contributed by atoms with Crippen LogP contribution in [0.15, 0.2) is 12.4 Å². The molecule has 0 spiro atoms. The van der Waals surface area contributed by atoms with Crippen molar-refractivity contribution in [3.05, 3.63) is 18.0 Å². The smallest absolute Gasteiger partial charge is 0.0693 e. The zero-order valence-electron chi connectivity index (χ0n) is 9.19. The molecule has 1 saturated carbocycles. The quantitative estimate of drug-likeness (QED) is 0.767. The third-order valence-electron chi connectivity index (χ3n) is 2.99. The van der Waals surface area contributed by atoms with Gasteiger partial charge in [0.15, 0.2) is 0 Å². The van der Waals surface area contributed by atoms with Gasteiger partial charge in [0.05, 0.1) is 18.8 Å². The van der Waals surface area contributed by atoms with E-state index in [1.165, 1.54) is 5.56 Å². The zero-order valence-corrected chi connectivity index (χ0v) is 9.19. The summed E-state index contributed by atoms with van der Waals surface area (Å²) in [6.45, 7) is 3.79. The molecule has 1 aromatic rings. The Morgan fingerprint density at radius 3 is 3.07 bits per heavy atom. The molecule has 1 aromatic heterocycles. The molecule has 2 atom stereocenters. The molecule has 2 rings (SSSR count). The van der Waals surface area contributed by atoms with Gasteiger partial charge in [-0.1, -0.05) is 0 Å². The summed E-state index contributed by atoms with van der Waals surface area (Å²) >= 11 is 0. The van der Waals surface area contributed by atoms with Gasteiger partial charge in [0, 0.05) is 18.8 Å². The highest BCUT2D eigenvalue weighted by Crippen LogP contribution is 2.18. The molecule has 0 amide bonds. The van der Waals surface area contributed by atoms with Crippen molar-refractivity contribution in [2.45, 2.75) is 44.9 Å². The van der Waals surface area contributed by atoms with Gasteiger partial charge in [-0.15, -0.1) is 0 Å². The predicted octanol–water partition coefficient (Wildman–Crippen LogP) is 0.695.